The molecule has 1 aromatic rings. The average Bonchev–Trinajstić information content (AvgIpc) is 2.27. The van der Waals surface area contributed by atoms with Crippen LogP contribution in [-0.2, 0) is 0 Å². The maximum absolute atomic E-state index is 9.23. The summed E-state index contributed by atoms with van der Waals surface area (Å²) in [5.74, 6) is 0. The zero-order chi connectivity index (χ0) is 11.1. The summed E-state index contributed by atoms with van der Waals surface area (Å²) < 4.78 is 0. The molecule has 0 aliphatic carbocycles. The summed E-state index contributed by atoms with van der Waals surface area (Å²) in [6, 6.07) is 1.76. The highest BCUT2D eigenvalue weighted by atomic mass is 32.2. The van der Waals surface area contributed by atoms with Crippen LogP contribution in [0.5, 0.6) is 0 Å². The van der Waals surface area contributed by atoms with Crippen LogP contribution in [0.2, 0.25) is 0 Å². The van der Waals surface area contributed by atoms with Gasteiger partial charge in [0.1, 0.15) is 0 Å². The monoisotopic (exact) mass is 227 g/mol. The molecule has 84 valence electrons. The number of aliphatic hydroxyl groups is 1. The van der Waals surface area contributed by atoms with Crippen LogP contribution in [-0.4, -0.2) is 33.0 Å². The van der Waals surface area contributed by atoms with Gasteiger partial charge in [-0.3, -0.25) is 0 Å². The second-order valence-corrected chi connectivity index (χ2v) is 4.53. The molecule has 0 radical (unpaired) electrons. The van der Waals surface area contributed by atoms with Crippen molar-refractivity contribution in [2.75, 3.05) is 6.61 Å². The molecule has 4 nitrogen and oxygen atoms in total. The Bertz CT molecular complexity index is 271. The largest absolute Gasteiger partial charge is 0.395 e. The fourth-order valence-electron chi connectivity index (χ4n) is 1.26. The Balaban J connectivity index is 2.53. The van der Waals surface area contributed by atoms with Gasteiger partial charge in [-0.1, -0.05) is 25.1 Å². The van der Waals surface area contributed by atoms with E-state index in [4.69, 9.17) is 5.73 Å². The van der Waals surface area contributed by atoms with Gasteiger partial charge in [-0.15, -0.1) is 0 Å². The Morgan fingerprint density at radius 2 is 2.13 bits per heavy atom. The Morgan fingerprint density at radius 3 is 2.67 bits per heavy atom. The van der Waals surface area contributed by atoms with Crippen molar-refractivity contribution in [3.8, 4) is 0 Å². The number of aliphatic hydroxyl groups excluding tert-OH is 1. The molecule has 0 aliphatic rings. The molecule has 0 aliphatic heterocycles. The van der Waals surface area contributed by atoms with Crippen LogP contribution >= 0.6 is 11.8 Å². The van der Waals surface area contributed by atoms with Crippen LogP contribution in [0.25, 0.3) is 0 Å². The van der Waals surface area contributed by atoms with E-state index in [-0.39, 0.29) is 17.9 Å². The van der Waals surface area contributed by atoms with Crippen molar-refractivity contribution < 1.29 is 5.11 Å². The maximum atomic E-state index is 9.23. The van der Waals surface area contributed by atoms with E-state index >= 15 is 0 Å². The molecule has 0 saturated heterocycles. The lowest BCUT2D eigenvalue weighted by atomic mass is 10.1. The van der Waals surface area contributed by atoms with E-state index in [9.17, 15) is 5.11 Å². The van der Waals surface area contributed by atoms with E-state index in [2.05, 4.69) is 16.9 Å². The van der Waals surface area contributed by atoms with Gasteiger partial charge in [-0.25, -0.2) is 9.97 Å². The van der Waals surface area contributed by atoms with Crippen LogP contribution < -0.4 is 5.73 Å². The van der Waals surface area contributed by atoms with E-state index in [0.29, 0.717) is 5.16 Å². The first-order valence-corrected chi connectivity index (χ1v) is 5.96. The Hall–Kier alpha value is -0.650. The molecular formula is C10H17N3OS. The molecule has 1 rings (SSSR count). The molecule has 1 heterocycles. The van der Waals surface area contributed by atoms with Crippen molar-refractivity contribution in [1.29, 1.82) is 0 Å². The number of rotatable bonds is 6. The summed E-state index contributed by atoms with van der Waals surface area (Å²) in [5, 5.41) is 9.88. The van der Waals surface area contributed by atoms with E-state index < -0.39 is 0 Å². The lowest BCUT2D eigenvalue weighted by molar-refractivity contribution is 0.279. The Kier molecular flexibility index (Phi) is 5.60. The molecule has 3 N–H and O–H groups in total. The zero-order valence-electron chi connectivity index (χ0n) is 8.84. The predicted octanol–water partition coefficient (Wildman–Crippen LogP) is 1.06. The third-order valence-corrected chi connectivity index (χ3v) is 3.30. The number of aromatic nitrogens is 2. The second kappa shape index (κ2) is 6.76. The van der Waals surface area contributed by atoms with Crippen LogP contribution in [0.3, 0.4) is 0 Å². The van der Waals surface area contributed by atoms with Crippen LogP contribution in [0.15, 0.2) is 23.6 Å². The molecule has 5 heteroatoms. The Labute approximate surface area is 94.3 Å². The summed E-state index contributed by atoms with van der Waals surface area (Å²) in [6.07, 6.45) is 5.31. The first-order valence-electron chi connectivity index (χ1n) is 5.08. The van der Waals surface area contributed by atoms with Crippen molar-refractivity contribution in [2.24, 2.45) is 5.73 Å². The zero-order valence-corrected chi connectivity index (χ0v) is 9.65. The molecule has 1 aromatic heterocycles. The molecule has 0 bridgehead atoms. The van der Waals surface area contributed by atoms with E-state index in [1.165, 1.54) is 11.8 Å². The summed E-state index contributed by atoms with van der Waals surface area (Å²) >= 11 is 1.44. The highest BCUT2D eigenvalue weighted by Gasteiger charge is 2.18. The van der Waals surface area contributed by atoms with Crippen molar-refractivity contribution in [1.82, 2.24) is 9.97 Å². The third kappa shape index (κ3) is 4.15. The van der Waals surface area contributed by atoms with Gasteiger partial charge in [0.25, 0.3) is 0 Å². The highest BCUT2D eigenvalue weighted by Crippen LogP contribution is 2.22. The number of thioether (sulfide) groups is 1. The smallest absolute Gasteiger partial charge is 0.187 e. The quantitative estimate of drug-likeness (QED) is 0.561. The fourth-order valence-corrected chi connectivity index (χ4v) is 2.16. The lowest BCUT2D eigenvalue weighted by Gasteiger charge is -2.19. The number of hydrogen-bond acceptors (Lipinski definition) is 5. The average molecular weight is 227 g/mol. The minimum Gasteiger partial charge on any atom is -0.395 e. The number of hydrogen-bond donors (Lipinski definition) is 2. The van der Waals surface area contributed by atoms with Crippen LogP contribution in [0, 0.1) is 0 Å². The van der Waals surface area contributed by atoms with E-state index in [0.717, 1.165) is 12.8 Å². The fraction of sp³-hybridized carbons (Fsp3) is 0.600. The molecular weight excluding hydrogens is 210 g/mol. The molecule has 2 atom stereocenters. The standard InChI is InChI=1S/C10H17N3OS/c1-2-4-8(11)9(7-14)15-10-12-5-3-6-13-10/h3,5-6,8-9,14H,2,4,7,11H2,1H3. The molecule has 0 amide bonds. The maximum Gasteiger partial charge on any atom is 0.187 e. The molecule has 2 unspecified atom stereocenters. The van der Waals surface area contributed by atoms with Crippen molar-refractivity contribution in [3.63, 3.8) is 0 Å². The third-order valence-electron chi connectivity index (χ3n) is 2.08. The summed E-state index contributed by atoms with van der Waals surface area (Å²) in [5.41, 5.74) is 5.95. The van der Waals surface area contributed by atoms with Gasteiger partial charge in [0.15, 0.2) is 5.16 Å². The summed E-state index contributed by atoms with van der Waals surface area (Å²) in [7, 11) is 0. The van der Waals surface area contributed by atoms with Crippen molar-refractivity contribution in [2.45, 2.75) is 36.2 Å². The highest BCUT2D eigenvalue weighted by molar-refractivity contribution is 7.99. The topological polar surface area (TPSA) is 72.0 Å². The molecule has 0 saturated carbocycles. The SMILES string of the molecule is CCCC(N)C(CO)Sc1ncccn1. The van der Waals surface area contributed by atoms with Gasteiger partial charge in [0.2, 0.25) is 0 Å². The first kappa shape index (κ1) is 12.4. The van der Waals surface area contributed by atoms with Gasteiger partial charge >= 0.3 is 0 Å². The minimum absolute atomic E-state index is 0.00574. The van der Waals surface area contributed by atoms with Crippen molar-refractivity contribution >= 4 is 11.8 Å². The normalized spacial score (nSPS) is 14.9. The van der Waals surface area contributed by atoms with Gasteiger partial charge in [0.05, 0.1) is 11.9 Å². The van der Waals surface area contributed by atoms with Gasteiger partial charge in [-0.2, -0.15) is 0 Å². The predicted molar refractivity (Wildman–Crippen MR) is 61.6 cm³/mol. The summed E-state index contributed by atoms with van der Waals surface area (Å²) in [4.78, 5) is 8.19. The number of nitrogens with two attached hydrogens (primary N) is 1. The van der Waals surface area contributed by atoms with Crippen LogP contribution in [0.4, 0.5) is 0 Å². The number of nitrogens with zero attached hydrogens (tertiary/aromatic N) is 2. The minimum atomic E-state index is -0.0210. The van der Waals surface area contributed by atoms with Crippen LogP contribution in [0.1, 0.15) is 19.8 Å². The molecule has 15 heavy (non-hydrogen) atoms. The lowest BCUT2D eigenvalue weighted by Crippen LogP contribution is -2.34. The molecule has 0 fully saturated rings. The van der Waals surface area contributed by atoms with E-state index in [1.807, 2.05) is 0 Å². The van der Waals surface area contributed by atoms with Crippen molar-refractivity contribution in [3.05, 3.63) is 18.5 Å². The molecule has 0 spiro atoms. The van der Waals surface area contributed by atoms with Gasteiger partial charge in [-0.05, 0) is 12.5 Å². The second-order valence-electron chi connectivity index (χ2n) is 3.32. The Morgan fingerprint density at radius 1 is 1.47 bits per heavy atom. The van der Waals surface area contributed by atoms with Gasteiger partial charge in [0, 0.05) is 18.4 Å². The first-order chi connectivity index (χ1) is 7.27. The van der Waals surface area contributed by atoms with Gasteiger partial charge < -0.3 is 10.8 Å². The molecule has 0 aromatic carbocycles. The van der Waals surface area contributed by atoms with E-state index in [1.54, 1.807) is 18.5 Å². The summed E-state index contributed by atoms with van der Waals surface area (Å²) in [6.45, 7) is 2.14.